The van der Waals surface area contributed by atoms with E-state index in [1.807, 2.05) is 19.1 Å². The Morgan fingerprint density at radius 2 is 2.14 bits per heavy atom. The molecular formula is C19H27NO2. The first-order valence-corrected chi connectivity index (χ1v) is 8.27. The van der Waals surface area contributed by atoms with Crippen molar-refractivity contribution in [1.29, 1.82) is 0 Å². The first-order valence-electron chi connectivity index (χ1n) is 8.27. The van der Waals surface area contributed by atoms with Crippen molar-refractivity contribution >= 4 is 5.91 Å². The van der Waals surface area contributed by atoms with Gasteiger partial charge in [0, 0.05) is 13.0 Å². The molecule has 120 valence electrons. The van der Waals surface area contributed by atoms with Crippen LogP contribution in [0.1, 0.15) is 49.7 Å². The third-order valence-electron chi connectivity index (χ3n) is 4.25. The molecule has 22 heavy (non-hydrogen) atoms. The van der Waals surface area contributed by atoms with Crippen molar-refractivity contribution in [3.05, 3.63) is 41.0 Å². The van der Waals surface area contributed by atoms with Gasteiger partial charge in [0.2, 0.25) is 5.91 Å². The number of benzene rings is 1. The van der Waals surface area contributed by atoms with E-state index in [1.54, 1.807) is 7.11 Å². The zero-order valence-corrected chi connectivity index (χ0v) is 13.8. The molecule has 0 unspecified atom stereocenters. The molecule has 1 amide bonds. The van der Waals surface area contributed by atoms with Crippen LogP contribution >= 0.6 is 0 Å². The topological polar surface area (TPSA) is 38.3 Å². The second-order valence-electron chi connectivity index (χ2n) is 6.01. The van der Waals surface area contributed by atoms with Gasteiger partial charge in [-0.05, 0) is 62.6 Å². The van der Waals surface area contributed by atoms with Crippen molar-refractivity contribution in [2.75, 3.05) is 13.7 Å². The van der Waals surface area contributed by atoms with Crippen LogP contribution in [0, 0.1) is 6.92 Å². The lowest BCUT2D eigenvalue weighted by Gasteiger charge is -2.13. The Balaban J connectivity index is 1.69. The summed E-state index contributed by atoms with van der Waals surface area (Å²) in [6.45, 7) is 2.80. The molecule has 0 aliphatic heterocycles. The second-order valence-corrected chi connectivity index (χ2v) is 6.01. The van der Waals surface area contributed by atoms with E-state index in [0.29, 0.717) is 6.42 Å². The summed E-state index contributed by atoms with van der Waals surface area (Å²) in [6.07, 6.45) is 9.71. The van der Waals surface area contributed by atoms with Crippen LogP contribution in [0.25, 0.3) is 0 Å². The molecule has 1 aromatic rings. The monoisotopic (exact) mass is 301 g/mol. The van der Waals surface area contributed by atoms with E-state index in [4.69, 9.17) is 4.74 Å². The van der Waals surface area contributed by atoms with Crippen LogP contribution in [0.4, 0.5) is 0 Å². The molecule has 0 saturated heterocycles. The minimum atomic E-state index is 0.143. The van der Waals surface area contributed by atoms with Crippen LogP contribution in [0.15, 0.2) is 29.8 Å². The quantitative estimate of drug-likeness (QED) is 0.775. The number of nitrogens with one attached hydrogen (secondary N) is 1. The average molecular weight is 301 g/mol. The Hall–Kier alpha value is -1.77. The van der Waals surface area contributed by atoms with E-state index < -0.39 is 0 Å². The molecule has 1 aliphatic rings. The maximum Gasteiger partial charge on any atom is 0.220 e. The zero-order valence-electron chi connectivity index (χ0n) is 13.8. The number of aryl methyl sites for hydroxylation is 2. The minimum Gasteiger partial charge on any atom is -0.496 e. The van der Waals surface area contributed by atoms with Gasteiger partial charge in [0.05, 0.1) is 7.11 Å². The van der Waals surface area contributed by atoms with Crippen LogP contribution in [0.5, 0.6) is 5.75 Å². The van der Waals surface area contributed by atoms with Crippen molar-refractivity contribution in [1.82, 2.24) is 5.32 Å². The largest absolute Gasteiger partial charge is 0.496 e. The molecule has 1 aromatic carbocycles. The van der Waals surface area contributed by atoms with Gasteiger partial charge in [-0.3, -0.25) is 4.79 Å². The summed E-state index contributed by atoms with van der Waals surface area (Å²) in [6, 6.07) is 6.10. The molecule has 0 aromatic heterocycles. The number of amides is 1. The Morgan fingerprint density at radius 1 is 1.27 bits per heavy atom. The molecule has 3 heteroatoms. The van der Waals surface area contributed by atoms with Gasteiger partial charge in [-0.15, -0.1) is 0 Å². The van der Waals surface area contributed by atoms with Gasteiger partial charge in [0.1, 0.15) is 5.75 Å². The smallest absolute Gasteiger partial charge is 0.220 e. The fourth-order valence-corrected chi connectivity index (χ4v) is 2.94. The van der Waals surface area contributed by atoms with Crippen LogP contribution in [0.3, 0.4) is 0 Å². The number of hydrogen-bond acceptors (Lipinski definition) is 2. The molecule has 0 spiro atoms. The van der Waals surface area contributed by atoms with Crippen molar-refractivity contribution in [3.8, 4) is 5.75 Å². The van der Waals surface area contributed by atoms with Gasteiger partial charge >= 0.3 is 0 Å². The van der Waals surface area contributed by atoms with E-state index in [1.165, 1.54) is 36.8 Å². The van der Waals surface area contributed by atoms with E-state index in [0.717, 1.165) is 30.7 Å². The number of hydrogen-bond donors (Lipinski definition) is 1. The van der Waals surface area contributed by atoms with Crippen LogP contribution < -0.4 is 10.1 Å². The molecule has 0 atom stereocenters. The lowest BCUT2D eigenvalue weighted by molar-refractivity contribution is -0.121. The van der Waals surface area contributed by atoms with E-state index in [-0.39, 0.29) is 5.91 Å². The second kappa shape index (κ2) is 8.62. The molecule has 0 heterocycles. The maximum absolute atomic E-state index is 11.9. The van der Waals surface area contributed by atoms with Gasteiger partial charge in [0.25, 0.3) is 0 Å². The van der Waals surface area contributed by atoms with Gasteiger partial charge in [-0.1, -0.05) is 23.8 Å². The molecular weight excluding hydrogens is 274 g/mol. The summed E-state index contributed by atoms with van der Waals surface area (Å²) in [5, 5.41) is 3.03. The Labute approximate surface area is 133 Å². The first kappa shape index (κ1) is 16.6. The molecule has 0 bridgehead atoms. The number of methoxy groups -OCH3 is 1. The number of rotatable bonds is 7. The van der Waals surface area contributed by atoms with Crippen LogP contribution in [0.2, 0.25) is 0 Å². The van der Waals surface area contributed by atoms with Crippen molar-refractivity contribution < 1.29 is 9.53 Å². The maximum atomic E-state index is 11.9. The summed E-state index contributed by atoms with van der Waals surface area (Å²) in [5.41, 5.74) is 3.81. The molecule has 2 rings (SSSR count). The van der Waals surface area contributed by atoms with Crippen LogP contribution in [-0.2, 0) is 11.2 Å². The SMILES string of the molecule is COc1ccc(CCC(=O)NCCC2=CCCCC2)cc1C. The molecule has 1 aliphatic carbocycles. The first-order chi connectivity index (χ1) is 10.7. The lowest BCUT2D eigenvalue weighted by atomic mass is 9.97. The highest BCUT2D eigenvalue weighted by Crippen LogP contribution is 2.20. The van der Waals surface area contributed by atoms with Gasteiger partial charge in [-0.25, -0.2) is 0 Å². The number of carbonyl (C=O) groups excluding carboxylic acids is 1. The highest BCUT2D eigenvalue weighted by atomic mass is 16.5. The predicted octanol–water partition coefficient (Wildman–Crippen LogP) is 3.94. The third-order valence-corrected chi connectivity index (χ3v) is 4.25. The number of allylic oxidation sites excluding steroid dienone is 1. The fourth-order valence-electron chi connectivity index (χ4n) is 2.94. The summed E-state index contributed by atoms with van der Waals surface area (Å²) in [4.78, 5) is 11.9. The van der Waals surface area contributed by atoms with Gasteiger partial charge in [-0.2, -0.15) is 0 Å². The fraction of sp³-hybridized carbons (Fsp3) is 0.526. The Morgan fingerprint density at radius 3 is 2.82 bits per heavy atom. The Kier molecular flexibility index (Phi) is 6.50. The highest BCUT2D eigenvalue weighted by molar-refractivity contribution is 5.76. The molecule has 3 nitrogen and oxygen atoms in total. The summed E-state index contributed by atoms with van der Waals surface area (Å²) in [7, 11) is 1.68. The zero-order chi connectivity index (χ0) is 15.8. The van der Waals surface area contributed by atoms with E-state index in [2.05, 4.69) is 17.5 Å². The molecule has 0 radical (unpaired) electrons. The Bertz CT molecular complexity index is 534. The van der Waals surface area contributed by atoms with Gasteiger partial charge < -0.3 is 10.1 Å². The van der Waals surface area contributed by atoms with Crippen molar-refractivity contribution in [3.63, 3.8) is 0 Å². The van der Waals surface area contributed by atoms with E-state index in [9.17, 15) is 4.79 Å². The molecule has 0 fully saturated rings. The van der Waals surface area contributed by atoms with Crippen molar-refractivity contribution in [2.45, 2.75) is 51.9 Å². The summed E-state index contributed by atoms with van der Waals surface area (Å²) >= 11 is 0. The van der Waals surface area contributed by atoms with Crippen LogP contribution in [-0.4, -0.2) is 19.6 Å². The standard InChI is InChI=1S/C19H27NO2/c1-15-14-17(8-10-18(15)22-2)9-11-19(21)20-13-12-16-6-4-3-5-7-16/h6,8,10,14H,3-5,7,9,11-13H2,1-2H3,(H,20,21). The molecule has 0 saturated carbocycles. The molecule has 1 N–H and O–H groups in total. The predicted molar refractivity (Wildman–Crippen MR) is 90.2 cm³/mol. The van der Waals surface area contributed by atoms with E-state index >= 15 is 0 Å². The lowest BCUT2D eigenvalue weighted by Crippen LogP contribution is -2.25. The number of ether oxygens (including phenoxy) is 1. The minimum absolute atomic E-state index is 0.143. The average Bonchev–Trinajstić information content (AvgIpc) is 2.54. The van der Waals surface area contributed by atoms with Gasteiger partial charge in [0.15, 0.2) is 0 Å². The summed E-state index contributed by atoms with van der Waals surface area (Å²) in [5.74, 6) is 1.04. The van der Waals surface area contributed by atoms with Crippen molar-refractivity contribution in [2.24, 2.45) is 0 Å². The third kappa shape index (κ3) is 5.21. The normalized spacial score (nSPS) is 14.4. The highest BCUT2D eigenvalue weighted by Gasteiger charge is 2.06. The summed E-state index contributed by atoms with van der Waals surface area (Å²) < 4.78 is 5.25. The number of carbonyl (C=O) groups is 1.